The lowest BCUT2D eigenvalue weighted by molar-refractivity contribution is -0.152. The quantitative estimate of drug-likeness (QED) is 0.467. The van der Waals surface area contributed by atoms with Crippen molar-refractivity contribution < 1.29 is 14.4 Å². The van der Waals surface area contributed by atoms with Crippen LogP contribution in [0.2, 0.25) is 0 Å². The zero-order chi connectivity index (χ0) is 17.2. The second-order valence-corrected chi connectivity index (χ2v) is 9.73. The molecule has 0 aromatic heterocycles. The van der Waals surface area contributed by atoms with Crippen LogP contribution in [0.4, 0.5) is 0 Å². The number of nitrogens with zero attached hydrogens (tertiary/aromatic N) is 2. The maximum absolute atomic E-state index is 13.0. The van der Waals surface area contributed by atoms with E-state index >= 15 is 0 Å². The van der Waals surface area contributed by atoms with Crippen LogP contribution in [0.25, 0.3) is 0 Å². The molecule has 2 heterocycles. The Bertz CT molecular complexity index is 560. The average Bonchev–Trinajstić information content (AvgIpc) is 3.19. The van der Waals surface area contributed by atoms with Crippen LogP contribution in [0, 0.1) is 23.7 Å². The van der Waals surface area contributed by atoms with Crippen molar-refractivity contribution in [1.82, 2.24) is 9.80 Å². The average molecular weight is 462 g/mol. The summed E-state index contributed by atoms with van der Waals surface area (Å²) in [5.74, 6) is -0.409. The molecule has 132 valence electrons. The Balaban J connectivity index is 1.56. The van der Waals surface area contributed by atoms with E-state index in [4.69, 9.17) is 0 Å². The third-order valence-electron chi connectivity index (χ3n) is 6.43. The van der Waals surface area contributed by atoms with Crippen molar-refractivity contribution >= 4 is 49.6 Å². The molecule has 2 bridgehead atoms. The zero-order valence-corrected chi connectivity index (χ0v) is 16.8. The maximum Gasteiger partial charge on any atom is 0.245 e. The summed E-state index contributed by atoms with van der Waals surface area (Å²) in [4.78, 5) is 42.3. The topological polar surface area (TPSA) is 57.7 Å². The molecule has 7 heteroatoms. The van der Waals surface area contributed by atoms with Crippen LogP contribution in [0.3, 0.4) is 0 Å². The fourth-order valence-electron chi connectivity index (χ4n) is 5.24. The molecule has 2 aliphatic heterocycles. The molecule has 0 N–H and O–H groups in total. The van der Waals surface area contributed by atoms with Gasteiger partial charge in [-0.2, -0.15) is 0 Å². The lowest BCUT2D eigenvalue weighted by atomic mass is 9.81. The Labute approximate surface area is 158 Å². The number of carbonyl (C=O) groups excluding carboxylic acids is 3. The Morgan fingerprint density at radius 3 is 2.00 bits per heavy atom. The van der Waals surface area contributed by atoms with Crippen LogP contribution in [-0.4, -0.2) is 56.3 Å². The summed E-state index contributed by atoms with van der Waals surface area (Å²) in [5.41, 5.74) is 0. The first-order chi connectivity index (χ1) is 11.4. The van der Waals surface area contributed by atoms with Crippen LogP contribution in [0.5, 0.6) is 0 Å². The van der Waals surface area contributed by atoms with E-state index in [1.54, 1.807) is 6.92 Å². The van der Waals surface area contributed by atoms with Crippen molar-refractivity contribution in [2.45, 2.75) is 48.3 Å². The molecular weight excluding hydrogens is 440 g/mol. The highest BCUT2D eigenvalue weighted by Crippen LogP contribution is 2.60. The molecule has 0 aromatic rings. The molecule has 2 aliphatic carbocycles. The Hall–Kier alpha value is -0.430. The maximum atomic E-state index is 13.0. The highest BCUT2D eigenvalue weighted by Gasteiger charge is 2.67. The van der Waals surface area contributed by atoms with Crippen LogP contribution in [0.1, 0.15) is 32.6 Å². The Kier molecular flexibility index (Phi) is 4.31. The monoisotopic (exact) mass is 460 g/mol. The largest absolute Gasteiger partial charge is 0.341 e. The first-order valence-electron chi connectivity index (χ1n) is 8.87. The first kappa shape index (κ1) is 17.0. The summed E-state index contributed by atoms with van der Waals surface area (Å²) in [7, 11) is 0. The minimum Gasteiger partial charge on any atom is -0.341 e. The highest BCUT2D eigenvalue weighted by atomic mass is 79.9. The number of rotatable bonds is 2. The van der Waals surface area contributed by atoms with Gasteiger partial charge in [0.05, 0.1) is 11.8 Å². The summed E-state index contributed by atoms with van der Waals surface area (Å²) >= 11 is 7.38. The van der Waals surface area contributed by atoms with Crippen LogP contribution in [0.15, 0.2) is 0 Å². The molecule has 4 rings (SSSR count). The van der Waals surface area contributed by atoms with E-state index in [0.29, 0.717) is 0 Å². The van der Waals surface area contributed by atoms with E-state index in [9.17, 15) is 14.4 Å². The molecule has 0 unspecified atom stereocenters. The number of carbonyl (C=O) groups is 3. The fraction of sp³-hybridized carbons (Fsp3) is 0.824. The lowest BCUT2D eigenvalue weighted by Gasteiger charge is -2.32. The molecule has 5 nitrogen and oxygen atoms in total. The van der Waals surface area contributed by atoms with Gasteiger partial charge in [-0.25, -0.2) is 0 Å². The fourth-order valence-corrected chi connectivity index (χ4v) is 7.12. The summed E-state index contributed by atoms with van der Waals surface area (Å²) in [5, 5.41) is 0. The minimum absolute atomic E-state index is 0.0745. The summed E-state index contributed by atoms with van der Waals surface area (Å²) in [6, 6.07) is -0.671. The molecule has 4 fully saturated rings. The van der Waals surface area contributed by atoms with Gasteiger partial charge < -0.3 is 4.90 Å². The third kappa shape index (κ3) is 2.26. The number of alkyl halides is 2. The smallest absolute Gasteiger partial charge is 0.245 e. The number of halogens is 2. The van der Waals surface area contributed by atoms with E-state index in [0.717, 1.165) is 38.8 Å². The van der Waals surface area contributed by atoms with E-state index in [2.05, 4.69) is 31.9 Å². The minimum atomic E-state index is -0.671. The van der Waals surface area contributed by atoms with Crippen molar-refractivity contribution in [2.24, 2.45) is 23.7 Å². The van der Waals surface area contributed by atoms with Crippen LogP contribution >= 0.6 is 31.9 Å². The number of hydrogen-bond acceptors (Lipinski definition) is 3. The molecule has 0 radical (unpaired) electrons. The molecular formula is C17H22Br2N2O3. The van der Waals surface area contributed by atoms with Gasteiger partial charge in [-0.15, -0.1) is 0 Å². The van der Waals surface area contributed by atoms with Crippen molar-refractivity contribution in [3.8, 4) is 0 Å². The lowest BCUT2D eigenvalue weighted by Crippen LogP contribution is -2.51. The van der Waals surface area contributed by atoms with Gasteiger partial charge in [-0.05, 0) is 44.4 Å². The van der Waals surface area contributed by atoms with Gasteiger partial charge in [0.15, 0.2) is 0 Å². The Morgan fingerprint density at radius 1 is 1.00 bits per heavy atom. The van der Waals surface area contributed by atoms with Gasteiger partial charge in [0, 0.05) is 22.7 Å². The van der Waals surface area contributed by atoms with E-state index in [1.807, 2.05) is 4.90 Å². The van der Waals surface area contributed by atoms with E-state index in [-0.39, 0.29) is 51.0 Å². The molecule has 2 saturated heterocycles. The number of piperidine rings is 1. The summed E-state index contributed by atoms with van der Waals surface area (Å²) in [6.07, 6.45) is 4.08. The summed E-state index contributed by atoms with van der Waals surface area (Å²) in [6.45, 7) is 3.20. The van der Waals surface area contributed by atoms with E-state index < -0.39 is 6.04 Å². The summed E-state index contributed by atoms with van der Waals surface area (Å²) < 4.78 is 0. The van der Waals surface area contributed by atoms with Crippen molar-refractivity contribution in [3.05, 3.63) is 0 Å². The normalized spacial score (nSPS) is 42.6. The predicted octanol–water partition coefficient (Wildman–Crippen LogP) is 2.17. The second-order valence-electron chi connectivity index (χ2n) is 7.61. The zero-order valence-electron chi connectivity index (χ0n) is 13.7. The SMILES string of the molecule is C[C@@H](C(=O)N1CCCCC1)N1C(=O)[C@H]2[C@@H]3C[C@H]([C@@H](Br)[C@H]3Br)[C@@H]2C1=O. The molecule has 2 saturated carbocycles. The van der Waals surface area contributed by atoms with Crippen molar-refractivity contribution in [2.75, 3.05) is 13.1 Å². The number of likely N-dealkylation sites (tertiary alicyclic amines) is 2. The molecule has 24 heavy (non-hydrogen) atoms. The molecule has 3 amide bonds. The Morgan fingerprint density at radius 2 is 1.50 bits per heavy atom. The first-order valence-corrected chi connectivity index (χ1v) is 10.7. The van der Waals surface area contributed by atoms with Gasteiger partial charge in [0.25, 0.3) is 0 Å². The van der Waals surface area contributed by atoms with Gasteiger partial charge in [0.2, 0.25) is 17.7 Å². The predicted molar refractivity (Wildman–Crippen MR) is 95.8 cm³/mol. The van der Waals surface area contributed by atoms with Gasteiger partial charge >= 0.3 is 0 Å². The van der Waals surface area contributed by atoms with Gasteiger partial charge in [-0.3, -0.25) is 19.3 Å². The number of fused-ring (bicyclic) bond motifs is 5. The van der Waals surface area contributed by atoms with E-state index in [1.165, 1.54) is 4.90 Å². The standard InChI is InChI=1S/C17H22Br2N2O3/c1-8(15(22)20-5-3-2-4-6-20)21-16(23)11-9-7-10(12(11)17(21)24)14(19)13(9)18/h8-14H,2-7H2,1H3/t8-,9-,10-,11-,12-,13-,14+/m0/s1. The van der Waals surface area contributed by atoms with Crippen molar-refractivity contribution in [1.29, 1.82) is 0 Å². The number of amides is 3. The molecule has 0 spiro atoms. The molecule has 0 aromatic carbocycles. The van der Waals surface area contributed by atoms with Crippen LogP contribution in [-0.2, 0) is 14.4 Å². The third-order valence-corrected chi connectivity index (χ3v) is 9.64. The molecule has 4 aliphatic rings. The van der Waals surface area contributed by atoms with Gasteiger partial charge in [0.1, 0.15) is 6.04 Å². The second kappa shape index (κ2) is 6.08. The molecule has 7 atom stereocenters. The number of hydrogen-bond donors (Lipinski definition) is 0. The van der Waals surface area contributed by atoms with Crippen molar-refractivity contribution in [3.63, 3.8) is 0 Å². The van der Waals surface area contributed by atoms with Gasteiger partial charge in [-0.1, -0.05) is 31.9 Å². The highest BCUT2D eigenvalue weighted by molar-refractivity contribution is 9.12. The number of imide groups is 1. The van der Waals surface area contributed by atoms with Crippen LogP contribution < -0.4 is 0 Å².